The molecule has 4 rings (SSSR count). The van der Waals surface area contributed by atoms with E-state index in [1.54, 1.807) is 49.6 Å². The molecule has 0 radical (unpaired) electrons. The zero-order valence-electron chi connectivity index (χ0n) is 27.1. The van der Waals surface area contributed by atoms with Crippen LogP contribution in [0.2, 0.25) is 0 Å². The lowest BCUT2D eigenvalue weighted by Crippen LogP contribution is -2.53. The molecule has 4 aromatic rings. The van der Waals surface area contributed by atoms with Gasteiger partial charge in [-0.05, 0) is 66.1 Å². The number of amides is 2. The van der Waals surface area contributed by atoms with Crippen LogP contribution < -0.4 is 23.8 Å². The van der Waals surface area contributed by atoms with Gasteiger partial charge < -0.3 is 24.4 Å². The van der Waals surface area contributed by atoms with Gasteiger partial charge in [0, 0.05) is 19.5 Å². The van der Waals surface area contributed by atoms with E-state index >= 15 is 0 Å². The molecule has 47 heavy (non-hydrogen) atoms. The Morgan fingerprint density at radius 1 is 0.766 bits per heavy atom. The van der Waals surface area contributed by atoms with Crippen LogP contribution in [-0.2, 0) is 32.6 Å². The summed E-state index contributed by atoms with van der Waals surface area (Å²) in [4.78, 5) is 29.8. The number of rotatable bonds is 16. The minimum absolute atomic E-state index is 0.0232. The molecule has 0 aliphatic rings. The molecule has 0 aromatic heterocycles. The van der Waals surface area contributed by atoms with Crippen LogP contribution in [0, 0.1) is 0 Å². The van der Waals surface area contributed by atoms with Gasteiger partial charge in [-0.25, -0.2) is 8.42 Å². The number of nitrogens with zero attached hydrogens (tertiary/aromatic N) is 2. The summed E-state index contributed by atoms with van der Waals surface area (Å²) in [7, 11) is 0.157. The minimum atomic E-state index is -4.31. The molecular weight excluding hydrogens is 618 g/mol. The summed E-state index contributed by atoms with van der Waals surface area (Å²) >= 11 is 0. The number of benzene rings is 4. The third kappa shape index (κ3) is 8.82. The number of carbonyl (C=O) groups is 2. The van der Waals surface area contributed by atoms with Crippen molar-refractivity contribution in [1.29, 1.82) is 0 Å². The number of nitrogens with one attached hydrogen (secondary N) is 1. The van der Waals surface area contributed by atoms with Crippen molar-refractivity contribution in [3.63, 3.8) is 0 Å². The fourth-order valence-corrected chi connectivity index (χ4v) is 6.54. The normalized spacial score (nSPS) is 11.7. The van der Waals surface area contributed by atoms with Gasteiger partial charge in [-0.1, -0.05) is 61.5 Å². The number of hydrogen-bond acceptors (Lipinski definition) is 7. The zero-order valence-corrected chi connectivity index (χ0v) is 27.9. The van der Waals surface area contributed by atoms with Crippen molar-refractivity contribution < 1.29 is 32.2 Å². The van der Waals surface area contributed by atoms with Gasteiger partial charge in [0.05, 0.1) is 31.9 Å². The van der Waals surface area contributed by atoms with Crippen molar-refractivity contribution in [2.45, 2.75) is 37.2 Å². The van der Waals surface area contributed by atoms with Crippen LogP contribution in [0.25, 0.3) is 0 Å². The molecule has 0 heterocycles. The first kappa shape index (κ1) is 34.8. The van der Waals surface area contributed by atoms with Crippen molar-refractivity contribution >= 4 is 27.5 Å². The summed E-state index contributed by atoms with van der Waals surface area (Å²) in [6, 6.07) is 28.2. The molecule has 0 bridgehead atoms. The molecular formula is C36H41N3O7S. The molecule has 1 atom stereocenters. The summed E-state index contributed by atoms with van der Waals surface area (Å²) in [6.07, 6.45) is 0.918. The third-order valence-corrected chi connectivity index (χ3v) is 9.36. The van der Waals surface area contributed by atoms with Gasteiger partial charge in [-0.2, -0.15) is 0 Å². The van der Waals surface area contributed by atoms with Crippen LogP contribution in [0.5, 0.6) is 17.2 Å². The lowest BCUT2D eigenvalue weighted by atomic mass is 10.0. The van der Waals surface area contributed by atoms with Gasteiger partial charge in [0.25, 0.3) is 10.0 Å². The highest BCUT2D eigenvalue weighted by molar-refractivity contribution is 7.92. The Labute approximate surface area is 276 Å². The largest absolute Gasteiger partial charge is 0.497 e. The Bertz CT molecular complexity index is 1730. The third-order valence-electron chi connectivity index (χ3n) is 7.59. The van der Waals surface area contributed by atoms with Crippen molar-refractivity contribution in [3.05, 3.63) is 114 Å². The number of methoxy groups -OCH3 is 3. The van der Waals surface area contributed by atoms with E-state index in [9.17, 15) is 18.0 Å². The van der Waals surface area contributed by atoms with Crippen LogP contribution in [0.4, 0.5) is 5.69 Å². The molecule has 0 unspecified atom stereocenters. The van der Waals surface area contributed by atoms with Crippen LogP contribution in [0.15, 0.2) is 108 Å². The van der Waals surface area contributed by atoms with E-state index in [2.05, 4.69) is 5.32 Å². The van der Waals surface area contributed by atoms with Crippen molar-refractivity contribution in [2.75, 3.05) is 38.7 Å². The topological polar surface area (TPSA) is 114 Å². The van der Waals surface area contributed by atoms with Crippen LogP contribution >= 0.6 is 0 Å². The Morgan fingerprint density at radius 2 is 1.43 bits per heavy atom. The highest BCUT2D eigenvalue weighted by Crippen LogP contribution is 2.33. The standard InChI is InChI=1S/C36H41N3O7S/c1-5-22-37-36(41)33(24-27-12-7-6-8-13-27)38(25-28-14-11-15-30(23-28)45-3)35(40)26-39(32-16-9-10-17-34(32)46-4)47(42,43)31-20-18-29(44-2)19-21-31/h6-21,23,33H,5,22,24-26H2,1-4H3,(H,37,41)/t33-/m1/s1. The molecule has 0 saturated carbocycles. The maximum Gasteiger partial charge on any atom is 0.264 e. The number of ether oxygens (including phenoxy) is 3. The molecule has 4 aromatic carbocycles. The molecule has 0 saturated heterocycles. The molecule has 248 valence electrons. The molecule has 0 spiro atoms. The van der Waals surface area contributed by atoms with Crippen LogP contribution in [-0.4, -0.2) is 65.6 Å². The van der Waals surface area contributed by atoms with Crippen LogP contribution in [0.3, 0.4) is 0 Å². The number of anilines is 1. The highest BCUT2D eigenvalue weighted by atomic mass is 32.2. The van der Waals surface area contributed by atoms with E-state index in [1.165, 1.54) is 43.4 Å². The first-order chi connectivity index (χ1) is 22.7. The lowest BCUT2D eigenvalue weighted by molar-refractivity contribution is -0.140. The lowest BCUT2D eigenvalue weighted by Gasteiger charge is -2.34. The maximum absolute atomic E-state index is 14.6. The van der Waals surface area contributed by atoms with Gasteiger partial charge in [0.15, 0.2) is 0 Å². The van der Waals surface area contributed by atoms with E-state index in [0.29, 0.717) is 30.0 Å². The van der Waals surface area contributed by atoms with Gasteiger partial charge in [-0.15, -0.1) is 0 Å². The molecule has 11 heteroatoms. The second-order valence-corrected chi connectivity index (χ2v) is 12.6. The van der Waals surface area contributed by atoms with Gasteiger partial charge >= 0.3 is 0 Å². The maximum atomic E-state index is 14.6. The average Bonchev–Trinajstić information content (AvgIpc) is 3.11. The molecule has 1 N–H and O–H groups in total. The smallest absolute Gasteiger partial charge is 0.264 e. The zero-order chi connectivity index (χ0) is 33.8. The molecule has 0 fully saturated rings. The number of hydrogen-bond donors (Lipinski definition) is 1. The second-order valence-electron chi connectivity index (χ2n) is 10.7. The molecule has 0 aliphatic carbocycles. The summed E-state index contributed by atoms with van der Waals surface area (Å²) in [5.74, 6) is 0.410. The summed E-state index contributed by atoms with van der Waals surface area (Å²) in [5.41, 5.74) is 1.73. The Morgan fingerprint density at radius 3 is 2.09 bits per heavy atom. The van der Waals surface area contributed by atoms with Gasteiger partial charge in [-0.3, -0.25) is 13.9 Å². The number of para-hydroxylation sites is 2. The van der Waals surface area contributed by atoms with Crippen LogP contribution in [0.1, 0.15) is 24.5 Å². The molecule has 10 nitrogen and oxygen atoms in total. The summed E-state index contributed by atoms with van der Waals surface area (Å²) in [5, 5.41) is 2.95. The Kier molecular flexibility index (Phi) is 12.2. The highest BCUT2D eigenvalue weighted by Gasteiger charge is 2.35. The minimum Gasteiger partial charge on any atom is -0.497 e. The van der Waals surface area contributed by atoms with E-state index < -0.39 is 28.5 Å². The Balaban J connectivity index is 1.83. The quantitative estimate of drug-likeness (QED) is 0.179. The monoisotopic (exact) mass is 659 g/mol. The van der Waals surface area contributed by atoms with Crippen molar-refractivity contribution in [2.24, 2.45) is 0 Å². The summed E-state index contributed by atoms with van der Waals surface area (Å²) < 4.78 is 45.8. The second kappa shape index (κ2) is 16.5. The van der Waals surface area contributed by atoms with Gasteiger partial charge in [0.1, 0.15) is 29.8 Å². The fourth-order valence-electron chi connectivity index (χ4n) is 5.11. The predicted molar refractivity (Wildman–Crippen MR) is 181 cm³/mol. The van der Waals surface area contributed by atoms with Crippen molar-refractivity contribution in [1.82, 2.24) is 10.2 Å². The average molecular weight is 660 g/mol. The van der Waals surface area contributed by atoms with E-state index in [0.717, 1.165) is 9.87 Å². The summed E-state index contributed by atoms with van der Waals surface area (Å²) in [6.45, 7) is 1.78. The first-order valence-corrected chi connectivity index (χ1v) is 16.7. The van der Waals surface area contributed by atoms with Crippen molar-refractivity contribution in [3.8, 4) is 17.2 Å². The molecule has 2 amide bonds. The van der Waals surface area contributed by atoms with E-state index in [4.69, 9.17) is 14.2 Å². The predicted octanol–water partition coefficient (Wildman–Crippen LogP) is 5.07. The number of sulfonamides is 1. The SMILES string of the molecule is CCCNC(=O)[C@@H](Cc1ccccc1)N(Cc1cccc(OC)c1)C(=O)CN(c1ccccc1OC)S(=O)(=O)c1ccc(OC)cc1. The number of carbonyl (C=O) groups excluding carboxylic acids is 2. The first-order valence-electron chi connectivity index (χ1n) is 15.3. The fraction of sp³-hybridized carbons (Fsp3) is 0.278. The van der Waals surface area contributed by atoms with Gasteiger partial charge in [0.2, 0.25) is 11.8 Å². The van der Waals surface area contributed by atoms with E-state index in [-0.39, 0.29) is 35.2 Å². The van der Waals surface area contributed by atoms with E-state index in [1.807, 2.05) is 43.3 Å². The molecule has 0 aliphatic heterocycles. The Hall–Kier alpha value is -5.03.